The van der Waals surface area contributed by atoms with Crippen LogP contribution in [0.1, 0.15) is 61.3 Å². The molecule has 0 saturated heterocycles. The highest BCUT2D eigenvalue weighted by molar-refractivity contribution is 5.74. The SMILES string of the molecule is CC1(C)CC(C)(C)c2cc(C#Cc3ccc(C=O)cn3)ccc2O1. The molecule has 1 aromatic heterocycles. The van der Waals surface area contributed by atoms with E-state index in [1.54, 1.807) is 12.1 Å². The number of nitrogens with zero attached hydrogens (tertiary/aromatic N) is 1. The monoisotopic (exact) mass is 319 g/mol. The molecule has 3 nitrogen and oxygen atoms in total. The van der Waals surface area contributed by atoms with Crippen LogP contribution < -0.4 is 4.74 Å². The maximum absolute atomic E-state index is 10.7. The van der Waals surface area contributed by atoms with Gasteiger partial charge < -0.3 is 4.74 Å². The second kappa shape index (κ2) is 5.79. The lowest BCUT2D eigenvalue weighted by atomic mass is 9.73. The number of hydrogen-bond donors (Lipinski definition) is 0. The van der Waals surface area contributed by atoms with Crippen molar-refractivity contribution in [2.45, 2.75) is 45.1 Å². The Morgan fingerprint density at radius 2 is 1.92 bits per heavy atom. The minimum atomic E-state index is -0.159. The number of rotatable bonds is 1. The molecule has 0 saturated carbocycles. The lowest BCUT2D eigenvalue weighted by molar-refractivity contribution is 0.0534. The van der Waals surface area contributed by atoms with Crippen LogP contribution in [-0.4, -0.2) is 16.9 Å². The average Bonchev–Trinajstić information content (AvgIpc) is 2.52. The fourth-order valence-electron chi connectivity index (χ4n) is 3.40. The summed E-state index contributed by atoms with van der Waals surface area (Å²) in [6, 6.07) is 9.56. The molecule has 0 N–H and O–H groups in total. The van der Waals surface area contributed by atoms with Gasteiger partial charge in [0.1, 0.15) is 17.0 Å². The maximum Gasteiger partial charge on any atom is 0.151 e. The van der Waals surface area contributed by atoms with E-state index in [0.717, 1.165) is 24.0 Å². The summed E-state index contributed by atoms with van der Waals surface area (Å²) in [6.45, 7) is 8.74. The second-order valence-corrected chi connectivity index (χ2v) is 7.48. The van der Waals surface area contributed by atoms with Crippen LogP contribution in [0.5, 0.6) is 5.75 Å². The van der Waals surface area contributed by atoms with Crippen LogP contribution in [0.4, 0.5) is 0 Å². The molecule has 1 aliphatic rings. The van der Waals surface area contributed by atoms with Crippen molar-refractivity contribution in [1.82, 2.24) is 4.98 Å². The van der Waals surface area contributed by atoms with E-state index in [2.05, 4.69) is 50.6 Å². The molecule has 0 atom stereocenters. The van der Waals surface area contributed by atoms with E-state index >= 15 is 0 Å². The van der Waals surface area contributed by atoms with Crippen LogP contribution in [-0.2, 0) is 5.41 Å². The number of carbonyl (C=O) groups is 1. The van der Waals surface area contributed by atoms with E-state index in [1.165, 1.54) is 11.8 Å². The Labute approximate surface area is 143 Å². The van der Waals surface area contributed by atoms with Gasteiger partial charge in [0.25, 0.3) is 0 Å². The Morgan fingerprint density at radius 1 is 1.12 bits per heavy atom. The molecule has 0 radical (unpaired) electrons. The lowest BCUT2D eigenvalue weighted by Crippen LogP contribution is -2.41. The minimum absolute atomic E-state index is 0.0403. The van der Waals surface area contributed by atoms with Crippen LogP contribution in [0.2, 0.25) is 0 Å². The first-order chi connectivity index (χ1) is 11.3. The summed E-state index contributed by atoms with van der Waals surface area (Å²) >= 11 is 0. The van der Waals surface area contributed by atoms with Gasteiger partial charge in [0.15, 0.2) is 6.29 Å². The Bertz CT molecular complexity index is 836. The summed E-state index contributed by atoms with van der Waals surface area (Å²) in [7, 11) is 0. The van der Waals surface area contributed by atoms with Gasteiger partial charge in [-0.25, -0.2) is 4.98 Å². The standard InChI is InChI=1S/C21H21NO2/c1-20(2)14-21(3,4)24-19-10-7-15(11-18(19)20)5-8-17-9-6-16(13-23)12-22-17/h6-7,9-13H,14H2,1-4H3. The highest BCUT2D eigenvalue weighted by Gasteiger charge is 2.38. The Hall–Kier alpha value is -2.60. The molecule has 2 aromatic rings. The lowest BCUT2D eigenvalue weighted by Gasteiger charge is -2.42. The molecule has 0 unspecified atom stereocenters. The van der Waals surface area contributed by atoms with Crippen LogP contribution in [0.25, 0.3) is 0 Å². The number of carbonyl (C=O) groups excluding carboxylic acids is 1. The number of hydrogen-bond acceptors (Lipinski definition) is 3. The third-order valence-corrected chi connectivity index (χ3v) is 4.22. The molecule has 0 bridgehead atoms. The van der Waals surface area contributed by atoms with E-state index in [-0.39, 0.29) is 11.0 Å². The van der Waals surface area contributed by atoms with E-state index in [9.17, 15) is 4.79 Å². The fourth-order valence-corrected chi connectivity index (χ4v) is 3.40. The molecule has 1 aliphatic heterocycles. The Balaban J connectivity index is 1.92. The van der Waals surface area contributed by atoms with Crippen LogP contribution in [0.15, 0.2) is 36.5 Å². The first-order valence-corrected chi connectivity index (χ1v) is 8.06. The number of aldehydes is 1. The number of fused-ring (bicyclic) bond motifs is 1. The molecular weight excluding hydrogens is 298 g/mol. The predicted molar refractivity (Wildman–Crippen MR) is 94.4 cm³/mol. The molecule has 0 amide bonds. The van der Waals surface area contributed by atoms with Gasteiger partial charge >= 0.3 is 0 Å². The van der Waals surface area contributed by atoms with Crippen molar-refractivity contribution in [2.24, 2.45) is 0 Å². The molecule has 2 heterocycles. The second-order valence-electron chi connectivity index (χ2n) is 7.48. The smallest absolute Gasteiger partial charge is 0.151 e. The van der Waals surface area contributed by atoms with Gasteiger partial charge in [-0.1, -0.05) is 19.8 Å². The third-order valence-electron chi connectivity index (χ3n) is 4.22. The van der Waals surface area contributed by atoms with Crippen molar-refractivity contribution in [3.63, 3.8) is 0 Å². The van der Waals surface area contributed by atoms with Crippen molar-refractivity contribution in [3.8, 4) is 17.6 Å². The summed E-state index contributed by atoms with van der Waals surface area (Å²) in [6.07, 6.45) is 3.26. The molecule has 1 aromatic carbocycles. The maximum atomic E-state index is 10.7. The van der Waals surface area contributed by atoms with E-state index in [1.807, 2.05) is 12.1 Å². The van der Waals surface area contributed by atoms with Crippen molar-refractivity contribution in [1.29, 1.82) is 0 Å². The van der Waals surface area contributed by atoms with Gasteiger partial charge in [-0.05, 0) is 61.9 Å². The van der Waals surface area contributed by atoms with Crippen LogP contribution in [0, 0.1) is 11.8 Å². The zero-order valence-electron chi connectivity index (χ0n) is 14.5. The van der Waals surface area contributed by atoms with Crippen molar-refractivity contribution in [3.05, 3.63) is 58.9 Å². The van der Waals surface area contributed by atoms with Gasteiger partial charge in [-0.15, -0.1) is 0 Å². The fraction of sp³-hybridized carbons (Fsp3) is 0.333. The molecule has 24 heavy (non-hydrogen) atoms. The first-order valence-electron chi connectivity index (χ1n) is 8.06. The number of ether oxygens (including phenoxy) is 1. The quantitative estimate of drug-likeness (QED) is 0.586. The molecule has 3 heteroatoms. The summed E-state index contributed by atoms with van der Waals surface area (Å²) in [5.74, 6) is 7.14. The zero-order valence-corrected chi connectivity index (χ0v) is 14.5. The zero-order chi connectivity index (χ0) is 17.4. The molecule has 122 valence electrons. The number of pyridine rings is 1. The highest BCUT2D eigenvalue weighted by Crippen LogP contribution is 2.44. The predicted octanol–water partition coefficient (Wildman–Crippen LogP) is 4.13. The van der Waals surface area contributed by atoms with E-state index in [4.69, 9.17) is 4.74 Å². The third kappa shape index (κ3) is 3.33. The highest BCUT2D eigenvalue weighted by atomic mass is 16.5. The van der Waals surface area contributed by atoms with Crippen molar-refractivity contribution in [2.75, 3.05) is 0 Å². The van der Waals surface area contributed by atoms with Gasteiger partial charge in [-0.3, -0.25) is 4.79 Å². The Morgan fingerprint density at radius 3 is 2.58 bits per heavy atom. The average molecular weight is 319 g/mol. The van der Waals surface area contributed by atoms with Gasteiger partial charge in [0, 0.05) is 22.9 Å². The summed E-state index contributed by atoms with van der Waals surface area (Å²) < 4.78 is 6.10. The molecular formula is C21H21NO2. The Kier molecular flexibility index (Phi) is 3.93. The van der Waals surface area contributed by atoms with Crippen LogP contribution in [0.3, 0.4) is 0 Å². The number of aromatic nitrogens is 1. The summed E-state index contributed by atoms with van der Waals surface area (Å²) in [5, 5.41) is 0. The molecule has 0 spiro atoms. The van der Waals surface area contributed by atoms with Crippen LogP contribution >= 0.6 is 0 Å². The van der Waals surface area contributed by atoms with E-state index in [0.29, 0.717) is 11.3 Å². The summed E-state index contributed by atoms with van der Waals surface area (Å²) in [4.78, 5) is 14.8. The van der Waals surface area contributed by atoms with Crippen molar-refractivity contribution >= 4 is 6.29 Å². The topological polar surface area (TPSA) is 39.2 Å². The first kappa shape index (κ1) is 16.3. The normalized spacial score (nSPS) is 17.0. The van der Waals surface area contributed by atoms with Crippen molar-refractivity contribution < 1.29 is 9.53 Å². The molecule has 0 aliphatic carbocycles. The van der Waals surface area contributed by atoms with Gasteiger partial charge in [-0.2, -0.15) is 0 Å². The van der Waals surface area contributed by atoms with Gasteiger partial charge in [0.2, 0.25) is 0 Å². The van der Waals surface area contributed by atoms with Gasteiger partial charge in [0.05, 0.1) is 0 Å². The summed E-state index contributed by atoms with van der Waals surface area (Å²) in [5.41, 5.74) is 3.21. The van der Waals surface area contributed by atoms with E-state index < -0.39 is 0 Å². The molecule has 0 fully saturated rings. The minimum Gasteiger partial charge on any atom is -0.488 e. The number of benzene rings is 1. The molecule has 3 rings (SSSR count). The largest absolute Gasteiger partial charge is 0.488 e.